The number of fused-ring (bicyclic) bond motifs is 1. The number of imidazole rings is 1. The van der Waals surface area contributed by atoms with E-state index >= 15 is 0 Å². The number of rotatable bonds is 8. The molecule has 0 saturated carbocycles. The molecule has 0 fully saturated rings. The number of hydrogen-bond donors (Lipinski definition) is 2. The fourth-order valence-electron chi connectivity index (χ4n) is 4.30. The van der Waals surface area contributed by atoms with Gasteiger partial charge in [-0.25, -0.2) is 23.7 Å². The zero-order valence-electron chi connectivity index (χ0n) is 21.1. The largest absolute Gasteiger partial charge is 0.422 e. The van der Waals surface area contributed by atoms with Crippen LogP contribution in [0, 0.1) is 5.82 Å². The van der Waals surface area contributed by atoms with Crippen molar-refractivity contribution in [1.29, 1.82) is 0 Å². The van der Waals surface area contributed by atoms with Gasteiger partial charge in [0.2, 0.25) is 5.67 Å². The Labute approximate surface area is 225 Å². The Balaban J connectivity index is 1.85. The van der Waals surface area contributed by atoms with Crippen molar-refractivity contribution in [3.63, 3.8) is 0 Å². The quantitative estimate of drug-likeness (QED) is 0.202. The van der Waals surface area contributed by atoms with Crippen LogP contribution < -0.4 is 11.1 Å². The SMILES string of the molecule is CNc1nc(-c2nc(CCC(C)(F)C(F)(F)F)n3cc(Cl)ccc23)nc(N)c1C(C)(C=O)c1ccc(F)cc1. The highest BCUT2D eigenvalue weighted by molar-refractivity contribution is 6.30. The third kappa shape index (κ3) is 5.12. The topological polar surface area (TPSA) is 98.2 Å². The normalized spacial score (nSPS) is 15.1. The number of halogens is 6. The minimum absolute atomic E-state index is 0.0119. The molecule has 206 valence electrons. The van der Waals surface area contributed by atoms with Gasteiger partial charge in [-0.1, -0.05) is 23.7 Å². The van der Waals surface area contributed by atoms with Crippen molar-refractivity contribution < 1.29 is 26.7 Å². The minimum Gasteiger partial charge on any atom is -0.383 e. The van der Waals surface area contributed by atoms with Gasteiger partial charge in [-0.15, -0.1) is 0 Å². The number of nitrogens with two attached hydrogens (primary N) is 1. The number of aldehydes is 1. The highest BCUT2D eigenvalue weighted by Gasteiger charge is 2.51. The van der Waals surface area contributed by atoms with E-state index < -0.39 is 29.5 Å². The highest BCUT2D eigenvalue weighted by Crippen LogP contribution is 2.40. The van der Waals surface area contributed by atoms with Gasteiger partial charge in [0.15, 0.2) is 5.82 Å². The molecule has 0 radical (unpaired) electrons. The molecule has 0 saturated heterocycles. The molecular weight excluding hydrogens is 543 g/mol. The van der Waals surface area contributed by atoms with Crippen molar-refractivity contribution in [1.82, 2.24) is 19.4 Å². The molecule has 0 aliphatic carbocycles. The van der Waals surface area contributed by atoms with Crippen LogP contribution in [0.3, 0.4) is 0 Å². The summed E-state index contributed by atoms with van der Waals surface area (Å²) in [6.07, 6.45) is -4.20. The molecule has 2 atom stereocenters. The molecule has 3 aromatic heterocycles. The van der Waals surface area contributed by atoms with Gasteiger partial charge in [0, 0.05) is 19.7 Å². The summed E-state index contributed by atoms with van der Waals surface area (Å²) in [7, 11) is 1.56. The fourth-order valence-corrected chi connectivity index (χ4v) is 4.46. The summed E-state index contributed by atoms with van der Waals surface area (Å²) < 4.78 is 68.6. The summed E-state index contributed by atoms with van der Waals surface area (Å²) in [6, 6.07) is 8.46. The number of nitrogens with one attached hydrogen (secondary N) is 1. The van der Waals surface area contributed by atoms with Crippen molar-refractivity contribution in [3.8, 4) is 11.5 Å². The molecule has 0 bridgehead atoms. The van der Waals surface area contributed by atoms with Crippen molar-refractivity contribution >= 4 is 35.0 Å². The van der Waals surface area contributed by atoms with Gasteiger partial charge in [0.05, 0.1) is 21.5 Å². The van der Waals surface area contributed by atoms with Crippen LogP contribution in [-0.4, -0.2) is 44.5 Å². The smallest absolute Gasteiger partial charge is 0.383 e. The van der Waals surface area contributed by atoms with Crippen molar-refractivity contribution in [2.45, 2.75) is 43.9 Å². The highest BCUT2D eigenvalue weighted by atomic mass is 35.5. The van der Waals surface area contributed by atoms with E-state index in [2.05, 4.69) is 20.3 Å². The number of aromatic nitrogens is 4. The van der Waals surface area contributed by atoms with E-state index in [-0.39, 0.29) is 46.0 Å². The second-order valence-electron chi connectivity index (χ2n) is 9.41. The molecule has 0 aliphatic heterocycles. The van der Waals surface area contributed by atoms with E-state index in [1.165, 1.54) is 34.9 Å². The van der Waals surface area contributed by atoms with Gasteiger partial charge in [-0.2, -0.15) is 13.2 Å². The Morgan fingerprint density at radius 3 is 2.31 bits per heavy atom. The second kappa shape index (κ2) is 10.1. The molecule has 1 aromatic carbocycles. The lowest BCUT2D eigenvalue weighted by Gasteiger charge is -2.27. The van der Waals surface area contributed by atoms with E-state index in [4.69, 9.17) is 17.3 Å². The average Bonchev–Trinajstić information content (AvgIpc) is 3.24. The van der Waals surface area contributed by atoms with Crippen molar-refractivity contribution in [3.05, 3.63) is 70.4 Å². The van der Waals surface area contributed by atoms with Crippen LogP contribution in [0.4, 0.5) is 33.6 Å². The van der Waals surface area contributed by atoms with Crippen LogP contribution in [0.25, 0.3) is 17.0 Å². The van der Waals surface area contributed by atoms with E-state index in [1.807, 2.05) is 0 Å². The maximum absolute atomic E-state index is 14.3. The number of hydrogen-bond acceptors (Lipinski definition) is 6. The van der Waals surface area contributed by atoms with Gasteiger partial charge in [0.25, 0.3) is 0 Å². The number of aryl methyl sites for hydroxylation is 1. The summed E-state index contributed by atoms with van der Waals surface area (Å²) >= 11 is 6.12. The first kappa shape index (κ1) is 28.2. The first-order valence-electron chi connectivity index (χ1n) is 11.7. The number of alkyl halides is 4. The van der Waals surface area contributed by atoms with Crippen molar-refractivity contribution in [2.24, 2.45) is 0 Å². The number of nitrogen functional groups attached to an aromatic ring is 1. The third-order valence-electron chi connectivity index (χ3n) is 6.67. The first-order chi connectivity index (χ1) is 18.2. The van der Waals surface area contributed by atoms with Gasteiger partial charge in [-0.05, 0) is 50.1 Å². The second-order valence-corrected chi connectivity index (χ2v) is 9.84. The summed E-state index contributed by atoms with van der Waals surface area (Å²) in [5.41, 5.74) is 2.81. The first-order valence-corrected chi connectivity index (χ1v) is 12.1. The van der Waals surface area contributed by atoms with Crippen LogP contribution in [0.1, 0.15) is 37.2 Å². The Kier molecular flexibility index (Phi) is 7.28. The molecule has 13 heteroatoms. The molecule has 39 heavy (non-hydrogen) atoms. The molecule has 0 amide bonds. The molecule has 4 rings (SSSR count). The number of nitrogens with zero attached hydrogens (tertiary/aromatic N) is 4. The van der Waals surface area contributed by atoms with Crippen LogP contribution in [0.2, 0.25) is 5.02 Å². The lowest BCUT2D eigenvalue weighted by molar-refractivity contribution is -0.225. The van der Waals surface area contributed by atoms with Crippen LogP contribution >= 0.6 is 11.6 Å². The number of anilines is 2. The zero-order chi connectivity index (χ0) is 28.8. The van der Waals surface area contributed by atoms with E-state index in [9.17, 15) is 26.7 Å². The average molecular weight is 567 g/mol. The molecule has 2 unspecified atom stereocenters. The standard InChI is InChI=1S/C26H24ClF5N6O/c1-24(13-39,14-4-7-16(28)8-5-14)19-21(33)36-23(37-22(19)34-3)20-17-9-6-15(27)12-38(17)18(35-20)10-11-25(2,29)26(30,31)32/h4-9,12-13H,10-11H2,1-3H3,(H3,33,34,36,37). The lowest BCUT2D eigenvalue weighted by Crippen LogP contribution is -2.38. The zero-order valence-corrected chi connectivity index (χ0v) is 21.8. The Bertz CT molecular complexity index is 1540. The maximum atomic E-state index is 14.3. The van der Waals surface area contributed by atoms with Gasteiger partial charge < -0.3 is 20.2 Å². The summed E-state index contributed by atoms with van der Waals surface area (Å²) in [6.45, 7) is 2.06. The molecular formula is C26H24ClF5N6O. The fraction of sp³-hybridized carbons (Fsp3) is 0.308. The Hall–Kier alpha value is -3.80. The number of benzene rings is 1. The Morgan fingerprint density at radius 1 is 1.05 bits per heavy atom. The van der Waals surface area contributed by atoms with Crippen LogP contribution in [-0.2, 0) is 16.6 Å². The summed E-state index contributed by atoms with van der Waals surface area (Å²) in [5, 5.41) is 3.18. The molecule has 3 heterocycles. The van der Waals surface area contributed by atoms with E-state index in [0.717, 1.165) is 0 Å². The van der Waals surface area contributed by atoms with Gasteiger partial charge in [-0.3, -0.25) is 0 Å². The maximum Gasteiger partial charge on any atom is 0.422 e. The summed E-state index contributed by atoms with van der Waals surface area (Å²) in [4.78, 5) is 25.7. The van der Waals surface area contributed by atoms with Gasteiger partial charge >= 0.3 is 6.18 Å². The Morgan fingerprint density at radius 2 is 1.72 bits per heavy atom. The lowest BCUT2D eigenvalue weighted by atomic mass is 9.77. The van der Waals surface area contributed by atoms with Gasteiger partial charge in [0.1, 0.15) is 35.3 Å². The molecule has 3 N–H and O–H groups in total. The molecule has 4 aromatic rings. The number of carbonyl (C=O) groups is 1. The third-order valence-corrected chi connectivity index (χ3v) is 6.89. The molecule has 7 nitrogen and oxygen atoms in total. The monoisotopic (exact) mass is 566 g/mol. The van der Waals surface area contributed by atoms with E-state index in [0.29, 0.717) is 24.3 Å². The molecule has 0 aliphatic rings. The predicted octanol–water partition coefficient (Wildman–Crippen LogP) is 5.94. The molecule has 0 spiro atoms. The number of pyridine rings is 1. The van der Waals surface area contributed by atoms with Crippen molar-refractivity contribution in [2.75, 3.05) is 18.1 Å². The van der Waals surface area contributed by atoms with E-state index in [1.54, 1.807) is 26.1 Å². The predicted molar refractivity (Wildman–Crippen MR) is 138 cm³/mol. The van der Waals surface area contributed by atoms with Crippen LogP contribution in [0.5, 0.6) is 0 Å². The number of carbonyl (C=O) groups excluding carboxylic acids is 1. The minimum atomic E-state index is -5.05. The summed E-state index contributed by atoms with van der Waals surface area (Å²) in [5.74, 6) is -0.254. The van der Waals surface area contributed by atoms with Crippen LogP contribution in [0.15, 0.2) is 42.6 Å².